The molecule has 3 aromatic rings. The normalized spacial score (nSPS) is 17.4. The summed E-state index contributed by atoms with van der Waals surface area (Å²) in [7, 11) is 1.76. The second-order valence-electron chi connectivity index (χ2n) is 8.13. The van der Waals surface area contributed by atoms with Crippen molar-refractivity contribution in [2.45, 2.75) is 38.3 Å². The summed E-state index contributed by atoms with van der Waals surface area (Å²) >= 11 is 6.21. The Labute approximate surface area is 203 Å². The number of benzene rings is 1. The molecule has 2 heterocycles. The summed E-state index contributed by atoms with van der Waals surface area (Å²) in [6.45, 7) is 0.344. The van der Waals surface area contributed by atoms with Gasteiger partial charge in [0.25, 0.3) is 0 Å². The lowest BCUT2D eigenvalue weighted by Gasteiger charge is -2.28. The van der Waals surface area contributed by atoms with Crippen LogP contribution in [-0.2, 0) is 11.3 Å². The lowest BCUT2D eigenvalue weighted by molar-refractivity contribution is -0.126. The Kier molecular flexibility index (Phi) is 7.50. The van der Waals surface area contributed by atoms with Crippen LogP contribution in [0.4, 0.5) is 11.9 Å². The van der Waals surface area contributed by atoms with Crippen LogP contribution < -0.4 is 16.0 Å². The molecule has 3 N–H and O–H groups in total. The first kappa shape index (κ1) is 23.4. The van der Waals surface area contributed by atoms with Crippen LogP contribution in [0.15, 0.2) is 42.7 Å². The average Bonchev–Trinajstić information content (AvgIpc) is 2.88. The van der Waals surface area contributed by atoms with Crippen molar-refractivity contribution in [2.75, 3.05) is 17.7 Å². The van der Waals surface area contributed by atoms with Crippen molar-refractivity contribution < 1.29 is 4.79 Å². The molecule has 1 fully saturated rings. The zero-order valence-corrected chi connectivity index (χ0v) is 19.5. The first-order valence-electron chi connectivity index (χ1n) is 11.1. The lowest BCUT2D eigenvalue weighted by atomic mass is 9.85. The van der Waals surface area contributed by atoms with E-state index in [0.29, 0.717) is 34.9 Å². The van der Waals surface area contributed by atoms with Crippen molar-refractivity contribution in [2.24, 2.45) is 5.92 Å². The number of hydrogen-bond acceptors (Lipinski definition) is 8. The third kappa shape index (κ3) is 5.77. The van der Waals surface area contributed by atoms with E-state index in [2.05, 4.69) is 42.0 Å². The Morgan fingerprint density at radius 2 is 1.94 bits per heavy atom. The van der Waals surface area contributed by atoms with Crippen LogP contribution in [0, 0.1) is 17.2 Å². The van der Waals surface area contributed by atoms with E-state index < -0.39 is 0 Å². The SMILES string of the molecule is CNc1nc(N[C@H]2CC[C@@H](C(=O)NCc3ccc(C#N)cc3Cl)CC2)nc(-c2cccnc2)n1. The highest BCUT2D eigenvalue weighted by Crippen LogP contribution is 2.27. The van der Waals surface area contributed by atoms with Crippen molar-refractivity contribution in [1.29, 1.82) is 5.26 Å². The number of halogens is 1. The Bertz CT molecular complexity index is 1190. The number of amides is 1. The quantitative estimate of drug-likeness (QED) is 0.469. The topological polar surface area (TPSA) is 129 Å². The number of nitrogens with zero attached hydrogens (tertiary/aromatic N) is 5. The Morgan fingerprint density at radius 1 is 1.15 bits per heavy atom. The number of nitrogens with one attached hydrogen (secondary N) is 3. The number of carbonyl (C=O) groups excluding carboxylic acids is 1. The number of hydrogen-bond donors (Lipinski definition) is 3. The van der Waals surface area contributed by atoms with Gasteiger partial charge in [0, 0.05) is 48.5 Å². The van der Waals surface area contributed by atoms with Gasteiger partial charge < -0.3 is 16.0 Å². The highest BCUT2D eigenvalue weighted by molar-refractivity contribution is 6.31. The molecule has 0 unspecified atom stereocenters. The van der Waals surface area contributed by atoms with E-state index in [1.54, 1.807) is 37.6 Å². The largest absolute Gasteiger partial charge is 0.357 e. The second kappa shape index (κ2) is 10.9. The van der Waals surface area contributed by atoms with Gasteiger partial charge in [0.15, 0.2) is 5.82 Å². The maximum Gasteiger partial charge on any atom is 0.228 e. The minimum absolute atomic E-state index is 0.0235. The molecule has 9 nitrogen and oxygen atoms in total. The maximum absolute atomic E-state index is 12.7. The van der Waals surface area contributed by atoms with Crippen molar-refractivity contribution in [3.8, 4) is 17.5 Å². The number of carbonyl (C=O) groups is 1. The summed E-state index contributed by atoms with van der Waals surface area (Å²) < 4.78 is 0. The molecule has 1 aliphatic rings. The van der Waals surface area contributed by atoms with Crippen LogP contribution in [0.3, 0.4) is 0 Å². The van der Waals surface area contributed by atoms with Crippen LogP contribution in [0.2, 0.25) is 5.02 Å². The van der Waals surface area contributed by atoms with Crippen LogP contribution in [0.5, 0.6) is 0 Å². The van der Waals surface area contributed by atoms with E-state index in [9.17, 15) is 4.79 Å². The predicted molar refractivity (Wildman–Crippen MR) is 130 cm³/mol. The number of nitriles is 1. The first-order valence-corrected chi connectivity index (χ1v) is 11.5. The molecule has 0 atom stereocenters. The zero-order chi connectivity index (χ0) is 23.9. The fourth-order valence-corrected chi connectivity index (χ4v) is 4.19. The van der Waals surface area contributed by atoms with Crippen molar-refractivity contribution >= 4 is 29.4 Å². The molecule has 0 radical (unpaired) electrons. The van der Waals surface area contributed by atoms with Gasteiger partial charge in [0.2, 0.25) is 17.8 Å². The summed E-state index contributed by atoms with van der Waals surface area (Å²) in [5.74, 6) is 1.50. The van der Waals surface area contributed by atoms with E-state index in [1.807, 2.05) is 12.1 Å². The van der Waals surface area contributed by atoms with E-state index in [0.717, 1.165) is 36.8 Å². The van der Waals surface area contributed by atoms with Gasteiger partial charge >= 0.3 is 0 Å². The van der Waals surface area contributed by atoms with Crippen LogP contribution in [-0.4, -0.2) is 38.9 Å². The van der Waals surface area contributed by atoms with Gasteiger partial charge in [-0.1, -0.05) is 17.7 Å². The third-order valence-electron chi connectivity index (χ3n) is 5.85. The minimum atomic E-state index is -0.0487. The minimum Gasteiger partial charge on any atom is -0.357 e. The molecule has 2 aromatic heterocycles. The Balaban J connectivity index is 1.32. The van der Waals surface area contributed by atoms with E-state index >= 15 is 0 Å². The lowest BCUT2D eigenvalue weighted by Crippen LogP contribution is -2.36. The molecule has 1 aromatic carbocycles. The Morgan fingerprint density at radius 3 is 2.62 bits per heavy atom. The molecule has 0 aliphatic heterocycles. The molecule has 0 spiro atoms. The molecule has 4 rings (SSSR count). The van der Waals surface area contributed by atoms with Crippen LogP contribution in [0.25, 0.3) is 11.4 Å². The number of aromatic nitrogens is 4. The molecule has 1 amide bonds. The predicted octanol–water partition coefficient (Wildman–Crippen LogP) is 3.79. The third-order valence-corrected chi connectivity index (χ3v) is 6.20. The Hall–Kier alpha value is -3.77. The van der Waals surface area contributed by atoms with Crippen LogP contribution >= 0.6 is 11.6 Å². The highest BCUT2D eigenvalue weighted by atomic mass is 35.5. The monoisotopic (exact) mass is 476 g/mol. The maximum atomic E-state index is 12.7. The van der Waals surface area contributed by atoms with E-state index in [-0.39, 0.29) is 17.9 Å². The molecule has 174 valence electrons. The van der Waals surface area contributed by atoms with Gasteiger partial charge in [-0.05, 0) is 55.5 Å². The molecular formula is C24H25ClN8O. The van der Waals surface area contributed by atoms with Gasteiger partial charge in [0.05, 0.1) is 11.6 Å². The van der Waals surface area contributed by atoms with Crippen molar-refractivity contribution in [1.82, 2.24) is 25.3 Å². The number of anilines is 2. The van der Waals surface area contributed by atoms with Crippen molar-refractivity contribution in [3.05, 3.63) is 58.9 Å². The molecule has 1 aliphatic carbocycles. The smallest absolute Gasteiger partial charge is 0.228 e. The first-order chi connectivity index (χ1) is 16.6. The summed E-state index contributed by atoms with van der Waals surface area (Å²) in [6.07, 6.45) is 6.62. The standard InChI is InChI=1S/C24H25ClN8O/c1-27-23-31-21(18-3-2-10-28-13-18)32-24(33-23)30-19-8-6-16(7-9-19)22(34)29-14-17-5-4-15(12-26)11-20(17)25/h2-5,10-11,13,16,19H,6-9,14H2,1H3,(H,29,34)(H2,27,30,31,32,33)/t16-,19+. The van der Waals surface area contributed by atoms with Gasteiger partial charge in [0.1, 0.15) is 0 Å². The van der Waals surface area contributed by atoms with Crippen molar-refractivity contribution in [3.63, 3.8) is 0 Å². The van der Waals surface area contributed by atoms with Gasteiger partial charge in [-0.25, -0.2) is 0 Å². The number of pyridine rings is 1. The molecule has 10 heteroatoms. The summed E-state index contributed by atoms with van der Waals surface area (Å²) in [5.41, 5.74) is 2.11. The van der Waals surface area contributed by atoms with Gasteiger partial charge in [-0.3, -0.25) is 9.78 Å². The van der Waals surface area contributed by atoms with E-state index in [1.165, 1.54) is 0 Å². The molecular weight excluding hydrogens is 452 g/mol. The fraction of sp³-hybridized carbons (Fsp3) is 0.333. The molecule has 1 saturated carbocycles. The fourth-order valence-electron chi connectivity index (χ4n) is 3.95. The van der Waals surface area contributed by atoms with Gasteiger partial charge in [-0.15, -0.1) is 0 Å². The summed E-state index contributed by atoms with van der Waals surface area (Å²) in [4.78, 5) is 30.2. The summed E-state index contributed by atoms with van der Waals surface area (Å²) in [6, 6.07) is 11.1. The zero-order valence-electron chi connectivity index (χ0n) is 18.8. The summed E-state index contributed by atoms with van der Waals surface area (Å²) in [5, 5.41) is 18.8. The van der Waals surface area contributed by atoms with Crippen LogP contribution in [0.1, 0.15) is 36.8 Å². The second-order valence-corrected chi connectivity index (χ2v) is 8.53. The van der Waals surface area contributed by atoms with Gasteiger partial charge in [-0.2, -0.15) is 20.2 Å². The average molecular weight is 477 g/mol. The molecule has 0 bridgehead atoms. The molecule has 0 saturated heterocycles. The number of rotatable bonds is 7. The highest BCUT2D eigenvalue weighted by Gasteiger charge is 2.27. The van der Waals surface area contributed by atoms with E-state index in [4.69, 9.17) is 16.9 Å². The molecule has 34 heavy (non-hydrogen) atoms.